The molecule has 0 aliphatic heterocycles. The van der Waals surface area contributed by atoms with Crippen LogP contribution in [-0.4, -0.2) is 23.5 Å². The summed E-state index contributed by atoms with van der Waals surface area (Å²) < 4.78 is 0.853. The van der Waals surface area contributed by atoms with E-state index >= 15 is 0 Å². The fourth-order valence-corrected chi connectivity index (χ4v) is 2.14. The summed E-state index contributed by atoms with van der Waals surface area (Å²) in [7, 11) is 0. The van der Waals surface area contributed by atoms with Crippen LogP contribution in [0.25, 0.3) is 0 Å². The highest BCUT2D eigenvalue weighted by Gasteiger charge is 2.07. The van der Waals surface area contributed by atoms with Crippen molar-refractivity contribution in [2.75, 3.05) is 6.54 Å². The minimum absolute atomic E-state index is 0.0573. The van der Waals surface area contributed by atoms with Gasteiger partial charge in [-0.3, -0.25) is 9.59 Å². The van der Waals surface area contributed by atoms with E-state index in [2.05, 4.69) is 21.2 Å². The zero-order chi connectivity index (χ0) is 10.6. The van der Waals surface area contributed by atoms with Gasteiger partial charge in [-0.1, -0.05) is 0 Å². The second kappa shape index (κ2) is 5.11. The van der Waals surface area contributed by atoms with Crippen molar-refractivity contribution in [1.29, 1.82) is 0 Å². The Bertz CT molecular complexity index is 350. The second-order valence-electron chi connectivity index (χ2n) is 2.53. The first kappa shape index (κ1) is 11.2. The quantitative estimate of drug-likeness (QED) is 0.881. The average molecular weight is 278 g/mol. The number of carboxylic acids is 1. The van der Waals surface area contributed by atoms with E-state index < -0.39 is 5.97 Å². The number of carboxylic acid groups (broad SMARTS) is 1. The molecule has 76 valence electrons. The number of thiophene rings is 1. The molecule has 0 aromatic carbocycles. The summed E-state index contributed by atoms with van der Waals surface area (Å²) in [6.07, 6.45) is -0.0573. The summed E-state index contributed by atoms with van der Waals surface area (Å²) in [4.78, 5) is 22.1. The van der Waals surface area contributed by atoms with Crippen molar-refractivity contribution in [3.05, 3.63) is 20.8 Å². The molecule has 1 amide bonds. The fourth-order valence-electron chi connectivity index (χ4n) is 0.802. The molecular weight excluding hydrogens is 270 g/mol. The van der Waals surface area contributed by atoms with Crippen molar-refractivity contribution >= 4 is 39.1 Å². The maximum absolute atomic E-state index is 11.3. The number of hydrogen-bond acceptors (Lipinski definition) is 3. The number of hydrogen-bond donors (Lipinski definition) is 2. The molecule has 4 nitrogen and oxygen atoms in total. The molecule has 0 saturated carbocycles. The van der Waals surface area contributed by atoms with Gasteiger partial charge < -0.3 is 10.4 Å². The van der Waals surface area contributed by atoms with Gasteiger partial charge >= 0.3 is 5.97 Å². The number of carbonyl (C=O) groups is 2. The number of nitrogens with one attached hydrogen (secondary N) is 1. The predicted octanol–water partition coefficient (Wildman–Crippen LogP) is 1.72. The smallest absolute Gasteiger partial charge is 0.305 e. The monoisotopic (exact) mass is 277 g/mol. The number of amides is 1. The van der Waals surface area contributed by atoms with Gasteiger partial charge in [-0.25, -0.2) is 0 Å². The molecule has 0 aliphatic rings. The van der Waals surface area contributed by atoms with Crippen LogP contribution in [0.15, 0.2) is 15.9 Å². The molecule has 0 spiro atoms. The molecule has 0 fully saturated rings. The highest BCUT2D eigenvalue weighted by Crippen LogP contribution is 2.19. The van der Waals surface area contributed by atoms with Crippen LogP contribution >= 0.6 is 27.3 Å². The van der Waals surface area contributed by atoms with E-state index in [4.69, 9.17) is 5.11 Å². The van der Waals surface area contributed by atoms with Crippen LogP contribution in [0.5, 0.6) is 0 Å². The van der Waals surface area contributed by atoms with Crippen molar-refractivity contribution in [3.8, 4) is 0 Å². The minimum Gasteiger partial charge on any atom is -0.481 e. The third-order valence-electron chi connectivity index (χ3n) is 1.42. The second-order valence-corrected chi connectivity index (χ2v) is 4.36. The first-order valence-corrected chi connectivity index (χ1v) is 5.51. The highest BCUT2D eigenvalue weighted by molar-refractivity contribution is 9.10. The molecule has 1 aromatic heterocycles. The summed E-state index contributed by atoms with van der Waals surface area (Å²) in [5.41, 5.74) is 0. The first-order valence-electron chi connectivity index (χ1n) is 3.83. The van der Waals surface area contributed by atoms with E-state index in [1.165, 1.54) is 11.3 Å². The maximum Gasteiger partial charge on any atom is 0.305 e. The molecule has 0 aliphatic carbocycles. The van der Waals surface area contributed by atoms with Gasteiger partial charge in [0.1, 0.15) is 0 Å². The van der Waals surface area contributed by atoms with Crippen molar-refractivity contribution < 1.29 is 14.7 Å². The molecule has 0 unspecified atom stereocenters. The van der Waals surface area contributed by atoms with Crippen LogP contribution in [-0.2, 0) is 4.79 Å². The van der Waals surface area contributed by atoms with Crippen LogP contribution < -0.4 is 5.32 Å². The predicted molar refractivity (Wildman–Crippen MR) is 56.6 cm³/mol. The zero-order valence-corrected chi connectivity index (χ0v) is 9.52. The van der Waals surface area contributed by atoms with E-state index in [1.54, 1.807) is 11.4 Å². The lowest BCUT2D eigenvalue weighted by Crippen LogP contribution is -2.25. The van der Waals surface area contributed by atoms with Gasteiger partial charge in [0.05, 0.1) is 11.3 Å². The SMILES string of the molecule is O=C(O)CCNC(=O)c1cc(Br)cs1. The number of halogens is 1. The van der Waals surface area contributed by atoms with Crippen LogP contribution in [0, 0.1) is 0 Å². The van der Waals surface area contributed by atoms with Crippen molar-refractivity contribution in [1.82, 2.24) is 5.32 Å². The van der Waals surface area contributed by atoms with Crippen LogP contribution in [0.4, 0.5) is 0 Å². The van der Waals surface area contributed by atoms with Crippen LogP contribution in [0.3, 0.4) is 0 Å². The molecule has 1 heterocycles. The molecule has 6 heteroatoms. The lowest BCUT2D eigenvalue weighted by molar-refractivity contribution is -0.136. The highest BCUT2D eigenvalue weighted by atomic mass is 79.9. The molecule has 1 aromatic rings. The Hall–Kier alpha value is -0.880. The third-order valence-corrected chi connectivity index (χ3v) is 3.11. The number of rotatable bonds is 4. The molecule has 0 bridgehead atoms. The molecule has 2 N–H and O–H groups in total. The van der Waals surface area contributed by atoms with E-state index in [-0.39, 0.29) is 18.9 Å². The Balaban J connectivity index is 2.39. The standard InChI is InChI=1S/C8H8BrNO3S/c9-5-3-6(14-4-5)8(13)10-2-1-7(11)12/h3-4H,1-2H2,(H,10,13)(H,11,12). The summed E-state index contributed by atoms with van der Waals surface area (Å²) in [6, 6.07) is 1.70. The zero-order valence-electron chi connectivity index (χ0n) is 7.12. The van der Waals surface area contributed by atoms with Gasteiger partial charge in [0.2, 0.25) is 0 Å². The van der Waals surface area contributed by atoms with Gasteiger partial charge in [0.25, 0.3) is 5.91 Å². The van der Waals surface area contributed by atoms with Gasteiger partial charge in [-0.2, -0.15) is 0 Å². The van der Waals surface area contributed by atoms with Gasteiger partial charge in [-0.15, -0.1) is 11.3 Å². The lowest BCUT2D eigenvalue weighted by atomic mass is 10.4. The van der Waals surface area contributed by atoms with Crippen molar-refractivity contribution in [3.63, 3.8) is 0 Å². The fraction of sp³-hybridized carbons (Fsp3) is 0.250. The third kappa shape index (κ3) is 3.47. The van der Waals surface area contributed by atoms with Crippen molar-refractivity contribution in [2.24, 2.45) is 0 Å². The Morgan fingerprint density at radius 2 is 2.29 bits per heavy atom. The summed E-state index contributed by atoms with van der Waals surface area (Å²) in [5, 5.41) is 12.7. The van der Waals surface area contributed by atoms with Crippen LogP contribution in [0.2, 0.25) is 0 Å². The van der Waals surface area contributed by atoms with Gasteiger partial charge in [-0.05, 0) is 22.0 Å². The normalized spacial score (nSPS) is 9.79. The molecule has 14 heavy (non-hydrogen) atoms. The number of aliphatic carboxylic acids is 1. The molecule has 0 saturated heterocycles. The van der Waals surface area contributed by atoms with Gasteiger partial charge in [0, 0.05) is 16.4 Å². The Kier molecular flexibility index (Phi) is 4.09. The topological polar surface area (TPSA) is 66.4 Å². The van der Waals surface area contributed by atoms with E-state index in [1.807, 2.05) is 0 Å². The summed E-state index contributed by atoms with van der Waals surface area (Å²) in [5.74, 6) is -1.15. The molecule has 0 atom stereocenters. The number of carbonyl (C=O) groups excluding carboxylic acids is 1. The molecule has 1 rings (SSSR count). The Labute approximate surface area is 93.1 Å². The van der Waals surface area contributed by atoms with Crippen LogP contribution in [0.1, 0.15) is 16.1 Å². The van der Waals surface area contributed by atoms with E-state index in [0.29, 0.717) is 4.88 Å². The maximum atomic E-state index is 11.3. The van der Waals surface area contributed by atoms with Crippen molar-refractivity contribution in [2.45, 2.75) is 6.42 Å². The average Bonchev–Trinajstić information content (AvgIpc) is 2.51. The lowest BCUT2D eigenvalue weighted by Gasteiger charge is -1.99. The Morgan fingerprint density at radius 3 is 2.79 bits per heavy atom. The molecular formula is C8H8BrNO3S. The van der Waals surface area contributed by atoms with E-state index in [0.717, 1.165) is 4.47 Å². The summed E-state index contributed by atoms with van der Waals surface area (Å²) in [6.45, 7) is 0.156. The van der Waals surface area contributed by atoms with E-state index in [9.17, 15) is 9.59 Å². The Morgan fingerprint density at radius 1 is 1.57 bits per heavy atom. The largest absolute Gasteiger partial charge is 0.481 e. The first-order chi connectivity index (χ1) is 6.59. The molecule has 0 radical (unpaired) electrons. The van der Waals surface area contributed by atoms with Gasteiger partial charge in [0.15, 0.2) is 0 Å². The summed E-state index contributed by atoms with van der Waals surface area (Å²) >= 11 is 4.54. The minimum atomic E-state index is -0.919.